The third kappa shape index (κ3) is 5.04. The van der Waals surface area contributed by atoms with Crippen LogP contribution in [0.1, 0.15) is 68.7 Å². The molecule has 0 spiro atoms. The summed E-state index contributed by atoms with van der Waals surface area (Å²) in [5.41, 5.74) is 2.07. The van der Waals surface area contributed by atoms with E-state index >= 15 is 0 Å². The van der Waals surface area contributed by atoms with Crippen LogP contribution >= 0.6 is 23.2 Å². The Morgan fingerprint density at radius 2 is 1.79 bits per heavy atom. The van der Waals surface area contributed by atoms with E-state index in [0.29, 0.717) is 12.5 Å². The lowest BCUT2D eigenvalue weighted by Crippen LogP contribution is -2.30. The fourth-order valence-electron chi connectivity index (χ4n) is 4.14. The van der Waals surface area contributed by atoms with E-state index in [1.54, 1.807) is 4.90 Å². The number of carbonyl (C=O) groups excluding carboxylic acids is 2. The van der Waals surface area contributed by atoms with Crippen LogP contribution in [0.25, 0.3) is 5.76 Å². The van der Waals surface area contributed by atoms with Crippen molar-refractivity contribution in [3.8, 4) is 5.75 Å². The van der Waals surface area contributed by atoms with E-state index in [9.17, 15) is 14.7 Å². The molecule has 176 valence electrons. The lowest BCUT2D eigenvalue weighted by molar-refractivity contribution is -0.139. The molecule has 1 saturated heterocycles. The van der Waals surface area contributed by atoms with Crippen molar-refractivity contribution in [3.05, 3.63) is 68.7 Å². The van der Waals surface area contributed by atoms with Crippen molar-refractivity contribution < 1.29 is 19.4 Å². The summed E-state index contributed by atoms with van der Waals surface area (Å²) in [7, 11) is 1.41. The van der Waals surface area contributed by atoms with E-state index in [1.807, 2.05) is 24.3 Å². The van der Waals surface area contributed by atoms with Crippen LogP contribution in [0.5, 0.6) is 5.75 Å². The normalized spacial score (nSPS) is 17.8. The van der Waals surface area contributed by atoms with Crippen LogP contribution in [-0.2, 0) is 9.59 Å². The maximum absolute atomic E-state index is 13.2. The maximum Gasteiger partial charge on any atom is 0.295 e. The van der Waals surface area contributed by atoms with Crippen molar-refractivity contribution in [1.29, 1.82) is 0 Å². The van der Waals surface area contributed by atoms with Crippen LogP contribution in [0.2, 0.25) is 10.0 Å². The van der Waals surface area contributed by atoms with Crippen molar-refractivity contribution in [2.24, 2.45) is 0 Å². The number of hydrogen-bond acceptors (Lipinski definition) is 4. The molecule has 2 aromatic carbocycles. The molecule has 0 radical (unpaired) electrons. The zero-order valence-corrected chi connectivity index (χ0v) is 20.8. The number of Topliss-reactive ketones (excluding diaryl/α,β-unsaturated/α-hetero) is 1. The number of likely N-dealkylation sites (tertiary alicyclic amines) is 1. The van der Waals surface area contributed by atoms with Gasteiger partial charge in [0, 0.05) is 11.6 Å². The Morgan fingerprint density at radius 1 is 1.12 bits per heavy atom. The highest BCUT2D eigenvalue weighted by Crippen LogP contribution is 2.43. The number of amides is 1. The van der Waals surface area contributed by atoms with Crippen LogP contribution in [0.15, 0.2) is 42.0 Å². The number of benzene rings is 2. The minimum absolute atomic E-state index is 0.00503. The highest BCUT2D eigenvalue weighted by Gasteiger charge is 2.46. The van der Waals surface area contributed by atoms with Gasteiger partial charge in [0.2, 0.25) is 0 Å². The number of unbranched alkanes of at least 4 members (excludes halogenated alkanes) is 2. The lowest BCUT2D eigenvalue weighted by atomic mass is 9.93. The smallest absolute Gasteiger partial charge is 0.295 e. The molecule has 0 aliphatic carbocycles. The van der Waals surface area contributed by atoms with Gasteiger partial charge in [-0.25, -0.2) is 0 Å². The first kappa shape index (κ1) is 25.1. The van der Waals surface area contributed by atoms with Gasteiger partial charge in [-0.05, 0) is 35.6 Å². The Kier molecular flexibility index (Phi) is 8.09. The second-order valence-electron chi connectivity index (χ2n) is 8.49. The first-order valence-corrected chi connectivity index (χ1v) is 11.9. The van der Waals surface area contributed by atoms with Crippen LogP contribution < -0.4 is 4.74 Å². The van der Waals surface area contributed by atoms with E-state index < -0.39 is 17.7 Å². The number of hydrogen-bond donors (Lipinski definition) is 1. The molecule has 1 unspecified atom stereocenters. The highest BCUT2D eigenvalue weighted by atomic mass is 35.5. The van der Waals surface area contributed by atoms with Gasteiger partial charge in [0.15, 0.2) is 0 Å². The van der Waals surface area contributed by atoms with Crippen LogP contribution in [0, 0.1) is 0 Å². The molecule has 5 nitrogen and oxygen atoms in total. The SMILES string of the molecule is CCCCCN1C(=O)C(=O)/C(=C(/O)c2cc(Cl)cc(Cl)c2OC)C1c1ccc(C(C)C)cc1. The Bertz CT molecular complexity index is 1080. The maximum atomic E-state index is 13.2. The largest absolute Gasteiger partial charge is 0.507 e. The van der Waals surface area contributed by atoms with Crippen molar-refractivity contribution in [2.75, 3.05) is 13.7 Å². The molecule has 0 aromatic heterocycles. The summed E-state index contributed by atoms with van der Waals surface area (Å²) in [6, 6.07) is 10.1. The molecule has 1 N–H and O–H groups in total. The van der Waals surface area contributed by atoms with E-state index in [-0.39, 0.29) is 32.7 Å². The van der Waals surface area contributed by atoms with Crippen LogP contribution in [0.4, 0.5) is 0 Å². The van der Waals surface area contributed by atoms with Crippen LogP contribution in [0.3, 0.4) is 0 Å². The average Bonchev–Trinajstić information content (AvgIpc) is 3.03. The van der Waals surface area contributed by atoms with Gasteiger partial charge >= 0.3 is 0 Å². The topological polar surface area (TPSA) is 66.8 Å². The molecule has 0 bridgehead atoms. The summed E-state index contributed by atoms with van der Waals surface area (Å²) in [4.78, 5) is 27.8. The van der Waals surface area contributed by atoms with Crippen LogP contribution in [-0.4, -0.2) is 35.4 Å². The Hall–Kier alpha value is -2.50. The molecule has 1 aliphatic rings. The minimum atomic E-state index is -0.736. The molecule has 7 heteroatoms. The minimum Gasteiger partial charge on any atom is -0.507 e. The third-order valence-electron chi connectivity index (χ3n) is 5.93. The number of methoxy groups -OCH3 is 1. The van der Waals surface area contributed by atoms with Gasteiger partial charge < -0.3 is 14.7 Å². The number of nitrogens with zero attached hydrogens (tertiary/aromatic N) is 1. The predicted octanol–water partition coefficient (Wildman–Crippen LogP) is 6.74. The zero-order chi connectivity index (χ0) is 24.3. The van der Waals surface area contributed by atoms with Gasteiger partial charge in [0.25, 0.3) is 11.7 Å². The highest BCUT2D eigenvalue weighted by molar-refractivity contribution is 6.46. The fourth-order valence-corrected chi connectivity index (χ4v) is 4.71. The molecule has 1 amide bonds. The van der Waals surface area contributed by atoms with Gasteiger partial charge in [-0.1, -0.05) is 81.1 Å². The number of ether oxygens (including phenoxy) is 1. The lowest BCUT2D eigenvalue weighted by Gasteiger charge is -2.26. The van der Waals surface area contributed by atoms with Gasteiger partial charge in [0.05, 0.1) is 29.3 Å². The first-order chi connectivity index (χ1) is 15.7. The molecular weight excluding hydrogens is 461 g/mol. The molecular formula is C26H29Cl2NO4. The number of ketones is 1. The number of carbonyl (C=O) groups is 2. The molecule has 1 fully saturated rings. The molecule has 0 saturated carbocycles. The summed E-state index contributed by atoms with van der Waals surface area (Å²) >= 11 is 12.4. The molecule has 33 heavy (non-hydrogen) atoms. The van der Waals surface area contributed by atoms with Gasteiger partial charge in [-0.15, -0.1) is 0 Å². The summed E-state index contributed by atoms with van der Waals surface area (Å²) in [6.45, 7) is 6.69. The van der Waals surface area contributed by atoms with E-state index in [1.165, 1.54) is 19.2 Å². The van der Waals surface area contributed by atoms with E-state index in [0.717, 1.165) is 30.4 Å². The quantitative estimate of drug-likeness (QED) is 0.193. The predicted molar refractivity (Wildman–Crippen MR) is 132 cm³/mol. The fraction of sp³-hybridized carbons (Fsp3) is 0.385. The standard InChI is InChI=1S/C26H29Cl2NO4/c1-5-6-7-12-29-22(17-10-8-16(9-11-17)15(2)3)21(24(31)26(29)32)23(30)19-13-18(27)14-20(28)25(19)33-4/h8-11,13-15,22,30H,5-7,12H2,1-4H3/b23-21+. The van der Waals surface area contributed by atoms with Crippen molar-refractivity contribution in [3.63, 3.8) is 0 Å². The molecule has 2 aromatic rings. The van der Waals surface area contributed by atoms with Crippen molar-refractivity contribution in [2.45, 2.75) is 52.0 Å². The van der Waals surface area contributed by atoms with E-state index in [2.05, 4.69) is 20.8 Å². The van der Waals surface area contributed by atoms with Gasteiger partial charge in [0.1, 0.15) is 11.5 Å². The number of aliphatic hydroxyl groups is 1. The molecule has 1 heterocycles. The first-order valence-electron chi connectivity index (χ1n) is 11.1. The summed E-state index contributed by atoms with van der Waals surface area (Å²) in [5.74, 6) is -1.19. The van der Waals surface area contributed by atoms with Gasteiger partial charge in [-0.3, -0.25) is 9.59 Å². The molecule has 1 aliphatic heterocycles. The summed E-state index contributed by atoms with van der Waals surface area (Å²) < 4.78 is 5.37. The van der Waals surface area contributed by atoms with E-state index in [4.69, 9.17) is 27.9 Å². The Labute approximate surface area is 204 Å². The second-order valence-corrected chi connectivity index (χ2v) is 9.33. The zero-order valence-electron chi connectivity index (χ0n) is 19.3. The summed E-state index contributed by atoms with van der Waals surface area (Å²) in [5, 5.41) is 11.8. The number of aliphatic hydroxyl groups excluding tert-OH is 1. The molecule has 1 atom stereocenters. The Balaban J connectivity index is 2.20. The summed E-state index contributed by atoms with van der Waals surface area (Å²) in [6.07, 6.45) is 2.67. The Morgan fingerprint density at radius 3 is 2.36 bits per heavy atom. The van der Waals surface area contributed by atoms with Crippen molar-refractivity contribution in [1.82, 2.24) is 4.90 Å². The second kappa shape index (κ2) is 10.6. The molecule has 3 rings (SSSR count). The average molecular weight is 490 g/mol. The monoisotopic (exact) mass is 489 g/mol. The number of halogens is 2. The van der Waals surface area contributed by atoms with Crippen molar-refractivity contribution >= 4 is 40.7 Å². The third-order valence-corrected chi connectivity index (χ3v) is 6.43. The number of rotatable bonds is 8. The van der Waals surface area contributed by atoms with Gasteiger partial charge in [-0.2, -0.15) is 0 Å².